The predicted molar refractivity (Wildman–Crippen MR) is 127 cm³/mol. The van der Waals surface area contributed by atoms with Gasteiger partial charge in [0.1, 0.15) is 5.82 Å². The van der Waals surface area contributed by atoms with Crippen molar-refractivity contribution < 1.29 is 9.18 Å². The summed E-state index contributed by atoms with van der Waals surface area (Å²) in [6, 6.07) is 19.6. The largest absolute Gasteiger partial charge is 0.352 e. The molecule has 7 heteroatoms. The van der Waals surface area contributed by atoms with E-state index in [4.69, 9.17) is 4.98 Å². The van der Waals surface area contributed by atoms with Gasteiger partial charge in [-0.2, -0.15) is 0 Å². The number of halogens is 1. The lowest BCUT2D eigenvalue weighted by molar-refractivity contribution is -0.120. The van der Waals surface area contributed by atoms with Gasteiger partial charge in [0.25, 0.3) is 0 Å². The van der Waals surface area contributed by atoms with Gasteiger partial charge in [-0.15, -0.1) is 0 Å². The van der Waals surface area contributed by atoms with E-state index in [1.54, 1.807) is 24.5 Å². The smallest absolute Gasteiger partial charge is 0.225 e. The molecule has 0 aliphatic rings. The fraction of sp³-hybridized carbons (Fsp3) is 0.154. The number of rotatable bonds is 7. The van der Waals surface area contributed by atoms with E-state index in [1.165, 1.54) is 12.1 Å². The summed E-state index contributed by atoms with van der Waals surface area (Å²) >= 11 is 0. The summed E-state index contributed by atoms with van der Waals surface area (Å²) in [6.45, 7) is 0.403. The van der Waals surface area contributed by atoms with Crippen molar-refractivity contribution in [3.63, 3.8) is 0 Å². The van der Waals surface area contributed by atoms with Gasteiger partial charge in [0, 0.05) is 44.2 Å². The fourth-order valence-electron chi connectivity index (χ4n) is 3.35. The molecule has 33 heavy (non-hydrogen) atoms. The summed E-state index contributed by atoms with van der Waals surface area (Å²) in [7, 11) is 3.80. The van der Waals surface area contributed by atoms with E-state index in [2.05, 4.69) is 15.3 Å². The highest BCUT2D eigenvalue weighted by molar-refractivity contribution is 5.80. The number of nitrogens with zero attached hydrogens (tertiary/aromatic N) is 4. The zero-order chi connectivity index (χ0) is 23.2. The zero-order valence-electron chi connectivity index (χ0n) is 18.5. The summed E-state index contributed by atoms with van der Waals surface area (Å²) in [5.74, 6) is 0.184. The van der Waals surface area contributed by atoms with Gasteiger partial charge in [-0.3, -0.25) is 9.78 Å². The Labute approximate surface area is 192 Å². The molecule has 0 fully saturated rings. The van der Waals surface area contributed by atoms with Crippen molar-refractivity contribution in [3.8, 4) is 22.5 Å². The lowest BCUT2D eigenvalue weighted by atomic mass is 10.0. The van der Waals surface area contributed by atoms with Gasteiger partial charge in [-0.25, -0.2) is 14.4 Å². The number of carbonyl (C=O) groups excluding carboxylic acids is 1. The van der Waals surface area contributed by atoms with Crippen LogP contribution in [0.5, 0.6) is 0 Å². The van der Waals surface area contributed by atoms with Crippen LogP contribution >= 0.6 is 0 Å². The third-order valence-corrected chi connectivity index (χ3v) is 5.11. The SMILES string of the molecule is CN(C)c1ncc(-c2ccccn2)c(-c2ccc(CNC(=O)Cc3ccc(F)cc3)cc2)n1. The van der Waals surface area contributed by atoms with Crippen molar-refractivity contribution in [1.29, 1.82) is 0 Å². The minimum absolute atomic E-state index is 0.116. The molecule has 0 unspecified atom stereocenters. The van der Waals surface area contributed by atoms with Crippen molar-refractivity contribution in [2.45, 2.75) is 13.0 Å². The molecule has 4 rings (SSSR count). The van der Waals surface area contributed by atoms with Gasteiger partial charge < -0.3 is 10.2 Å². The van der Waals surface area contributed by atoms with E-state index < -0.39 is 0 Å². The highest BCUT2D eigenvalue weighted by Crippen LogP contribution is 2.30. The number of hydrogen-bond donors (Lipinski definition) is 1. The number of pyridine rings is 1. The zero-order valence-corrected chi connectivity index (χ0v) is 18.5. The van der Waals surface area contributed by atoms with Crippen LogP contribution in [-0.4, -0.2) is 35.0 Å². The van der Waals surface area contributed by atoms with Crippen molar-refractivity contribution >= 4 is 11.9 Å². The molecule has 0 radical (unpaired) electrons. The first-order valence-electron chi connectivity index (χ1n) is 10.6. The molecule has 0 saturated heterocycles. The Kier molecular flexibility index (Phi) is 6.69. The molecule has 0 saturated carbocycles. The predicted octanol–water partition coefficient (Wildman–Crippen LogP) is 4.27. The minimum atomic E-state index is -0.313. The van der Waals surface area contributed by atoms with Gasteiger partial charge >= 0.3 is 0 Å². The Hall–Kier alpha value is -4.13. The van der Waals surface area contributed by atoms with E-state index in [0.717, 1.165) is 33.6 Å². The maximum Gasteiger partial charge on any atom is 0.225 e. The molecule has 6 nitrogen and oxygen atoms in total. The summed E-state index contributed by atoms with van der Waals surface area (Å²) < 4.78 is 13.0. The molecular weight excluding hydrogens is 417 g/mol. The summed E-state index contributed by atoms with van der Waals surface area (Å²) in [5.41, 5.74) is 5.11. The van der Waals surface area contributed by atoms with Gasteiger partial charge in [-0.05, 0) is 35.4 Å². The third kappa shape index (κ3) is 5.57. The molecule has 1 N–H and O–H groups in total. The number of amides is 1. The second kappa shape index (κ2) is 9.99. The molecular formula is C26H24FN5O. The van der Waals surface area contributed by atoms with Crippen LogP contribution < -0.4 is 10.2 Å². The van der Waals surface area contributed by atoms with Crippen molar-refractivity contribution in [2.24, 2.45) is 0 Å². The second-order valence-corrected chi connectivity index (χ2v) is 7.82. The molecule has 1 amide bonds. The van der Waals surface area contributed by atoms with E-state index in [9.17, 15) is 9.18 Å². The number of hydrogen-bond acceptors (Lipinski definition) is 5. The fourth-order valence-corrected chi connectivity index (χ4v) is 3.35. The Bertz CT molecular complexity index is 1230. The molecule has 2 heterocycles. The van der Waals surface area contributed by atoms with Gasteiger partial charge in [0.2, 0.25) is 11.9 Å². The monoisotopic (exact) mass is 441 g/mol. The van der Waals surface area contributed by atoms with Gasteiger partial charge in [0.15, 0.2) is 0 Å². The molecule has 4 aromatic rings. The average molecular weight is 442 g/mol. The maximum atomic E-state index is 13.0. The van der Waals surface area contributed by atoms with Crippen LogP contribution in [0.15, 0.2) is 79.1 Å². The van der Waals surface area contributed by atoms with Crippen LogP contribution in [0.4, 0.5) is 10.3 Å². The topological polar surface area (TPSA) is 71.0 Å². The minimum Gasteiger partial charge on any atom is -0.352 e. The highest BCUT2D eigenvalue weighted by Gasteiger charge is 2.14. The maximum absolute atomic E-state index is 13.0. The molecule has 2 aromatic carbocycles. The number of aromatic nitrogens is 3. The quantitative estimate of drug-likeness (QED) is 0.464. The third-order valence-electron chi connectivity index (χ3n) is 5.11. The number of nitrogens with one attached hydrogen (secondary N) is 1. The molecule has 0 spiro atoms. The molecule has 166 valence electrons. The number of carbonyl (C=O) groups is 1. The molecule has 0 atom stereocenters. The summed E-state index contributed by atoms with van der Waals surface area (Å²) in [4.78, 5) is 27.7. The van der Waals surface area contributed by atoms with Crippen molar-refractivity contribution in [2.75, 3.05) is 19.0 Å². The normalized spacial score (nSPS) is 10.6. The van der Waals surface area contributed by atoms with E-state index >= 15 is 0 Å². The first-order chi connectivity index (χ1) is 16.0. The van der Waals surface area contributed by atoms with Crippen molar-refractivity contribution in [1.82, 2.24) is 20.3 Å². The summed E-state index contributed by atoms with van der Waals surface area (Å²) in [5, 5.41) is 2.91. The molecule has 2 aromatic heterocycles. The number of benzene rings is 2. The second-order valence-electron chi connectivity index (χ2n) is 7.82. The lowest BCUT2D eigenvalue weighted by Crippen LogP contribution is -2.24. The Morgan fingerprint density at radius 3 is 2.33 bits per heavy atom. The first-order valence-corrected chi connectivity index (χ1v) is 10.6. The highest BCUT2D eigenvalue weighted by atomic mass is 19.1. The molecule has 0 aliphatic carbocycles. The lowest BCUT2D eigenvalue weighted by Gasteiger charge is -2.14. The molecule has 0 aliphatic heterocycles. The Balaban J connectivity index is 1.50. The van der Waals surface area contributed by atoms with Crippen LogP contribution in [0.25, 0.3) is 22.5 Å². The van der Waals surface area contributed by atoms with Crippen LogP contribution in [0.3, 0.4) is 0 Å². The van der Waals surface area contributed by atoms with Crippen LogP contribution in [0.1, 0.15) is 11.1 Å². The van der Waals surface area contributed by atoms with Crippen LogP contribution in [0, 0.1) is 5.82 Å². The van der Waals surface area contributed by atoms with E-state index in [1.807, 2.05) is 61.5 Å². The Morgan fingerprint density at radius 1 is 0.939 bits per heavy atom. The van der Waals surface area contributed by atoms with Crippen LogP contribution in [-0.2, 0) is 17.8 Å². The number of anilines is 1. The summed E-state index contributed by atoms with van der Waals surface area (Å²) in [6.07, 6.45) is 3.75. The van der Waals surface area contributed by atoms with Crippen LogP contribution in [0.2, 0.25) is 0 Å². The average Bonchev–Trinajstić information content (AvgIpc) is 2.84. The van der Waals surface area contributed by atoms with Gasteiger partial charge in [-0.1, -0.05) is 42.5 Å². The first kappa shape index (κ1) is 22.1. The van der Waals surface area contributed by atoms with Crippen molar-refractivity contribution in [3.05, 3.63) is 96.1 Å². The Morgan fingerprint density at radius 2 is 1.67 bits per heavy atom. The molecule has 0 bridgehead atoms. The standard InChI is InChI=1S/C26H24FN5O/c1-32(2)26-30-17-22(23-5-3-4-14-28-23)25(31-26)20-10-6-19(7-11-20)16-29-24(33)15-18-8-12-21(27)13-9-18/h3-14,17H,15-16H2,1-2H3,(H,29,33). The van der Waals surface area contributed by atoms with Gasteiger partial charge in [0.05, 0.1) is 17.8 Å². The van der Waals surface area contributed by atoms with E-state index in [-0.39, 0.29) is 18.1 Å². The van der Waals surface area contributed by atoms with E-state index in [0.29, 0.717) is 12.5 Å².